The number of rotatable bonds is 7. The summed E-state index contributed by atoms with van der Waals surface area (Å²) in [5.74, 6) is 2.02. The molecular formula is C18H18N2O2S2. The molecule has 1 amide bonds. The average Bonchev–Trinajstić information content (AvgIpc) is 3.03. The number of amides is 1. The second-order valence-electron chi connectivity index (χ2n) is 5.20. The van der Waals surface area contributed by atoms with E-state index in [1.165, 1.54) is 4.70 Å². The molecule has 2 aromatic carbocycles. The van der Waals surface area contributed by atoms with Crippen LogP contribution in [0.4, 0.5) is 0 Å². The third-order valence-electron chi connectivity index (χ3n) is 3.42. The van der Waals surface area contributed by atoms with Gasteiger partial charge in [0.2, 0.25) is 5.91 Å². The van der Waals surface area contributed by atoms with Crippen LogP contribution in [-0.2, 0) is 17.1 Å². The fraction of sp³-hybridized carbons (Fsp3) is 0.222. The largest absolute Gasteiger partial charge is 0.497 e. The predicted molar refractivity (Wildman–Crippen MR) is 101 cm³/mol. The van der Waals surface area contributed by atoms with Gasteiger partial charge in [-0.3, -0.25) is 4.79 Å². The van der Waals surface area contributed by atoms with Crippen LogP contribution in [0.1, 0.15) is 10.6 Å². The zero-order valence-electron chi connectivity index (χ0n) is 13.3. The van der Waals surface area contributed by atoms with Crippen LogP contribution < -0.4 is 10.1 Å². The van der Waals surface area contributed by atoms with Gasteiger partial charge in [0.05, 0.1) is 23.1 Å². The van der Waals surface area contributed by atoms with E-state index in [-0.39, 0.29) is 5.91 Å². The Morgan fingerprint density at radius 3 is 2.96 bits per heavy atom. The molecule has 1 N–H and O–H groups in total. The van der Waals surface area contributed by atoms with Gasteiger partial charge in [-0.05, 0) is 29.8 Å². The number of hydrogen-bond donors (Lipinski definition) is 1. The number of carbonyl (C=O) groups excluding carboxylic acids is 1. The number of thiazole rings is 1. The molecule has 0 saturated carbocycles. The molecule has 0 saturated heterocycles. The third kappa shape index (κ3) is 4.49. The lowest BCUT2D eigenvalue weighted by Gasteiger charge is -2.06. The molecule has 1 aromatic heterocycles. The molecule has 6 heteroatoms. The molecule has 0 bridgehead atoms. The maximum atomic E-state index is 12.0. The monoisotopic (exact) mass is 358 g/mol. The Morgan fingerprint density at radius 1 is 1.25 bits per heavy atom. The molecule has 0 aliphatic carbocycles. The fourth-order valence-electron chi connectivity index (χ4n) is 2.25. The number of carbonyl (C=O) groups is 1. The second kappa shape index (κ2) is 8.17. The van der Waals surface area contributed by atoms with Crippen LogP contribution in [0, 0.1) is 0 Å². The number of nitrogens with one attached hydrogen (secondary N) is 1. The number of para-hydroxylation sites is 1. The zero-order valence-corrected chi connectivity index (χ0v) is 15.0. The molecule has 124 valence electrons. The first kappa shape index (κ1) is 16.8. The fourth-order valence-corrected chi connectivity index (χ4v) is 4.12. The normalized spacial score (nSPS) is 10.7. The first-order chi connectivity index (χ1) is 11.7. The van der Waals surface area contributed by atoms with Gasteiger partial charge in [-0.25, -0.2) is 4.98 Å². The highest BCUT2D eigenvalue weighted by Crippen LogP contribution is 2.24. The first-order valence-electron chi connectivity index (χ1n) is 7.56. The summed E-state index contributed by atoms with van der Waals surface area (Å²) in [6.07, 6.45) is 0. The highest BCUT2D eigenvalue weighted by molar-refractivity contribution is 7.99. The minimum atomic E-state index is 0.0314. The van der Waals surface area contributed by atoms with E-state index >= 15 is 0 Å². The van der Waals surface area contributed by atoms with Crippen molar-refractivity contribution in [2.75, 3.05) is 12.9 Å². The lowest BCUT2D eigenvalue weighted by Crippen LogP contribution is -2.24. The van der Waals surface area contributed by atoms with Crippen LogP contribution in [0.5, 0.6) is 5.75 Å². The van der Waals surface area contributed by atoms with Crippen molar-refractivity contribution in [2.45, 2.75) is 12.3 Å². The topological polar surface area (TPSA) is 51.2 Å². The van der Waals surface area contributed by atoms with Crippen LogP contribution in [0.25, 0.3) is 10.2 Å². The van der Waals surface area contributed by atoms with Gasteiger partial charge in [0, 0.05) is 12.3 Å². The Bertz CT molecular complexity index is 800. The molecule has 4 nitrogen and oxygen atoms in total. The molecule has 24 heavy (non-hydrogen) atoms. The summed E-state index contributed by atoms with van der Waals surface area (Å²) in [5.41, 5.74) is 2.06. The maximum absolute atomic E-state index is 12.0. The molecule has 1 heterocycles. The SMILES string of the molecule is COc1cccc(CNC(=O)CSCc2nc3ccccc3s2)c1. The third-order valence-corrected chi connectivity index (χ3v) is 5.58. The maximum Gasteiger partial charge on any atom is 0.230 e. The molecule has 3 rings (SSSR count). The van der Waals surface area contributed by atoms with Crippen LogP contribution in [-0.4, -0.2) is 23.8 Å². The number of benzene rings is 2. The molecule has 0 spiro atoms. The molecule has 0 aliphatic heterocycles. The van der Waals surface area contributed by atoms with E-state index < -0.39 is 0 Å². The van der Waals surface area contributed by atoms with E-state index in [1.54, 1.807) is 30.2 Å². The van der Waals surface area contributed by atoms with Crippen molar-refractivity contribution < 1.29 is 9.53 Å². The predicted octanol–water partition coefficient (Wildman–Crippen LogP) is 3.85. The Labute approximate surface area is 149 Å². The van der Waals surface area contributed by atoms with Crippen LogP contribution in [0.3, 0.4) is 0 Å². The molecule has 3 aromatic rings. The van der Waals surface area contributed by atoms with Crippen molar-refractivity contribution in [1.29, 1.82) is 0 Å². The van der Waals surface area contributed by atoms with Crippen molar-refractivity contribution in [3.8, 4) is 5.75 Å². The molecule has 0 unspecified atom stereocenters. The van der Waals surface area contributed by atoms with Crippen molar-refractivity contribution in [1.82, 2.24) is 10.3 Å². The number of nitrogens with zero attached hydrogens (tertiary/aromatic N) is 1. The number of fused-ring (bicyclic) bond motifs is 1. The highest BCUT2D eigenvalue weighted by atomic mass is 32.2. The quantitative estimate of drug-likeness (QED) is 0.697. The lowest BCUT2D eigenvalue weighted by atomic mass is 10.2. The summed E-state index contributed by atoms with van der Waals surface area (Å²) in [4.78, 5) is 16.5. The minimum Gasteiger partial charge on any atom is -0.497 e. The van der Waals surface area contributed by atoms with E-state index in [9.17, 15) is 4.79 Å². The van der Waals surface area contributed by atoms with E-state index in [4.69, 9.17) is 4.74 Å². The first-order valence-corrected chi connectivity index (χ1v) is 9.53. The Morgan fingerprint density at radius 2 is 2.12 bits per heavy atom. The number of thioether (sulfide) groups is 1. The van der Waals surface area contributed by atoms with Crippen LogP contribution >= 0.6 is 23.1 Å². The van der Waals surface area contributed by atoms with E-state index in [0.29, 0.717) is 12.3 Å². The van der Waals surface area contributed by atoms with Gasteiger partial charge in [0.25, 0.3) is 0 Å². The van der Waals surface area contributed by atoms with Gasteiger partial charge in [0.1, 0.15) is 10.8 Å². The molecule has 0 fully saturated rings. The minimum absolute atomic E-state index is 0.0314. The summed E-state index contributed by atoms with van der Waals surface area (Å²) in [6.45, 7) is 0.512. The van der Waals surface area contributed by atoms with Gasteiger partial charge in [-0.2, -0.15) is 0 Å². The van der Waals surface area contributed by atoms with Crippen molar-refractivity contribution >= 4 is 39.2 Å². The number of ether oxygens (including phenoxy) is 1. The van der Waals surface area contributed by atoms with Crippen molar-refractivity contribution in [3.05, 3.63) is 59.1 Å². The summed E-state index contributed by atoms with van der Waals surface area (Å²) in [5, 5.41) is 3.99. The molecule has 0 aliphatic rings. The number of methoxy groups -OCH3 is 1. The van der Waals surface area contributed by atoms with E-state index in [0.717, 1.165) is 27.6 Å². The van der Waals surface area contributed by atoms with Crippen molar-refractivity contribution in [2.24, 2.45) is 0 Å². The standard InChI is InChI=1S/C18H18N2O2S2/c1-22-14-6-4-5-13(9-14)10-19-17(21)11-23-12-18-20-15-7-2-3-8-16(15)24-18/h2-9H,10-12H2,1H3,(H,19,21). The van der Waals surface area contributed by atoms with Gasteiger partial charge < -0.3 is 10.1 Å². The summed E-state index contributed by atoms with van der Waals surface area (Å²) >= 11 is 3.27. The molecule has 0 atom stereocenters. The second-order valence-corrected chi connectivity index (χ2v) is 7.30. The van der Waals surface area contributed by atoms with E-state index in [2.05, 4.69) is 16.4 Å². The van der Waals surface area contributed by atoms with Crippen LogP contribution in [0.15, 0.2) is 48.5 Å². The van der Waals surface area contributed by atoms with E-state index in [1.807, 2.05) is 42.5 Å². The smallest absolute Gasteiger partial charge is 0.230 e. The Kier molecular flexibility index (Phi) is 5.72. The molecule has 0 radical (unpaired) electrons. The molecular weight excluding hydrogens is 340 g/mol. The zero-order chi connectivity index (χ0) is 16.8. The highest BCUT2D eigenvalue weighted by Gasteiger charge is 2.06. The van der Waals surface area contributed by atoms with Crippen molar-refractivity contribution in [3.63, 3.8) is 0 Å². The van der Waals surface area contributed by atoms with Gasteiger partial charge >= 0.3 is 0 Å². The summed E-state index contributed by atoms with van der Waals surface area (Å²) in [6, 6.07) is 15.8. The summed E-state index contributed by atoms with van der Waals surface area (Å²) < 4.78 is 6.37. The Hall–Kier alpha value is -2.05. The lowest BCUT2D eigenvalue weighted by molar-refractivity contribution is -0.118. The summed E-state index contributed by atoms with van der Waals surface area (Å²) in [7, 11) is 1.64. The van der Waals surface area contributed by atoms with Gasteiger partial charge in [-0.1, -0.05) is 24.3 Å². The number of hydrogen-bond acceptors (Lipinski definition) is 5. The van der Waals surface area contributed by atoms with Gasteiger partial charge in [0.15, 0.2) is 0 Å². The number of aromatic nitrogens is 1. The van der Waals surface area contributed by atoms with Gasteiger partial charge in [-0.15, -0.1) is 23.1 Å². The Balaban J connectivity index is 1.43. The van der Waals surface area contributed by atoms with Crippen LogP contribution in [0.2, 0.25) is 0 Å². The average molecular weight is 358 g/mol.